The number of hydrogen-bond acceptors (Lipinski definition) is 5. The maximum Gasteiger partial charge on any atom is 0.335 e. The highest BCUT2D eigenvalue weighted by molar-refractivity contribution is 6.13. The fraction of sp³-hybridized carbons (Fsp3) is 0.115. The summed E-state index contributed by atoms with van der Waals surface area (Å²) >= 11 is 0. The van der Waals surface area contributed by atoms with E-state index in [0.29, 0.717) is 39.3 Å². The Bertz CT molecular complexity index is 1800. The van der Waals surface area contributed by atoms with Gasteiger partial charge >= 0.3 is 5.97 Å². The fourth-order valence-electron chi connectivity index (χ4n) is 4.33. The van der Waals surface area contributed by atoms with E-state index >= 15 is 0 Å². The maximum absolute atomic E-state index is 11.9. The first kappa shape index (κ1) is 20.0. The molecule has 4 heterocycles. The van der Waals surface area contributed by atoms with Gasteiger partial charge in [-0.15, -0.1) is 0 Å². The third-order valence-electron chi connectivity index (χ3n) is 5.93. The molecule has 0 bridgehead atoms. The highest BCUT2D eigenvalue weighted by Gasteiger charge is 2.23. The summed E-state index contributed by atoms with van der Waals surface area (Å²) in [5.74, 6) is 0.0719. The van der Waals surface area contributed by atoms with Gasteiger partial charge in [0.05, 0.1) is 16.5 Å². The number of H-pyrrole nitrogens is 1. The number of hydrogen-bond donors (Lipinski definition) is 2. The van der Waals surface area contributed by atoms with Crippen LogP contribution >= 0.6 is 0 Å². The van der Waals surface area contributed by atoms with Crippen molar-refractivity contribution in [2.45, 2.75) is 19.9 Å². The molecule has 6 rings (SSSR count). The Morgan fingerprint density at radius 2 is 1.85 bits per heavy atom. The van der Waals surface area contributed by atoms with Crippen molar-refractivity contribution < 1.29 is 18.7 Å². The van der Waals surface area contributed by atoms with E-state index in [1.54, 1.807) is 30.3 Å². The summed E-state index contributed by atoms with van der Waals surface area (Å²) in [5.41, 5.74) is 3.75. The molecule has 0 aliphatic heterocycles. The van der Waals surface area contributed by atoms with Gasteiger partial charge in [-0.05, 0) is 50.2 Å². The van der Waals surface area contributed by atoms with Gasteiger partial charge in [0.2, 0.25) is 0 Å². The predicted octanol–water partition coefficient (Wildman–Crippen LogP) is 5.83. The van der Waals surface area contributed by atoms with Crippen LogP contribution in [0.3, 0.4) is 0 Å². The normalized spacial score (nSPS) is 11.9. The number of nitrogens with zero attached hydrogens (tertiary/aromatic N) is 2. The minimum absolute atomic E-state index is 0.132. The highest BCUT2D eigenvalue weighted by Crippen LogP contribution is 2.41. The van der Waals surface area contributed by atoms with Gasteiger partial charge in [-0.3, -0.25) is 9.48 Å². The van der Waals surface area contributed by atoms with Crippen LogP contribution in [0.1, 0.15) is 30.2 Å². The van der Waals surface area contributed by atoms with Crippen molar-refractivity contribution in [3.63, 3.8) is 0 Å². The number of furan rings is 2. The van der Waals surface area contributed by atoms with E-state index in [-0.39, 0.29) is 17.0 Å². The van der Waals surface area contributed by atoms with Crippen LogP contribution in [0, 0.1) is 0 Å². The lowest BCUT2D eigenvalue weighted by atomic mass is 10.1. The van der Waals surface area contributed by atoms with Gasteiger partial charge < -0.3 is 19.0 Å². The van der Waals surface area contributed by atoms with E-state index in [9.17, 15) is 14.7 Å². The molecule has 0 spiro atoms. The molecule has 6 aromatic rings. The van der Waals surface area contributed by atoms with E-state index in [0.717, 1.165) is 16.4 Å². The number of fused-ring (bicyclic) bond motifs is 4. The molecule has 0 fully saturated rings. The van der Waals surface area contributed by atoms with Crippen molar-refractivity contribution in [3.8, 4) is 22.6 Å². The average Bonchev–Trinajstić information content (AvgIpc) is 3.54. The topological polar surface area (TPSA) is 114 Å². The first-order valence-corrected chi connectivity index (χ1v) is 10.8. The van der Waals surface area contributed by atoms with Crippen molar-refractivity contribution >= 4 is 39.1 Å². The Morgan fingerprint density at radius 1 is 1.03 bits per heavy atom. The first-order valence-electron chi connectivity index (χ1n) is 10.8. The van der Waals surface area contributed by atoms with Gasteiger partial charge in [-0.1, -0.05) is 12.1 Å². The number of rotatable bonds is 4. The Kier molecular flexibility index (Phi) is 4.25. The van der Waals surface area contributed by atoms with Gasteiger partial charge in [-0.25, -0.2) is 9.78 Å². The molecule has 0 aliphatic carbocycles. The minimum atomic E-state index is -1.00. The third kappa shape index (κ3) is 2.96. The van der Waals surface area contributed by atoms with Crippen molar-refractivity contribution in [2.24, 2.45) is 0 Å². The predicted molar refractivity (Wildman–Crippen MR) is 128 cm³/mol. The number of carboxylic acids is 1. The van der Waals surface area contributed by atoms with Gasteiger partial charge in [0.1, 0.15) is 22.6 Å². The molecular formula is C26H19N3O5. The lowest BCUT2D eigenvalue weighted by Gasteiger charge is -2.08. The molecular weight excluding hydrogens is 434 g/mol. The Labute approximate surface area is 192 Å². The quantitative estimate of drug-likeness (QED) is 0.347. The molecule has 34 heavy (non-hydrogen) atoms. The van der Waals surface area contributed by atoms with Crippen molar-refractivity contribution in [2.75, 3.05) is 0 Å². The number of aromatic carboxylic acids is 1. The van der Waals surface area contributed by atoms with Crippen molar-refractivity contribution in [3.05, 3.63) is 76.6 Å². The monoisotopic (exact) mass is 453 g/mol. The summed E-state index contributed by atoms with van der Waals surface area (Å²) < 4.78 is 14.3. The van der Waals surface area contributed by atoms with Crippen LogP contribution in [0.4, 0.5) is 0 Å². The largest absolute Gasteiger partial charge is 0.478 e. The SMILES string of the molecule is CC(C)n1[nH]cc2c(-c3ccc(-c4cccc(C(=O)O)c4)o3)c3oc4cc(=O)ccc4c3nc21. The number of aromatic nitrogens is 3. The molecule has 0 saturated heterocycles. The smallest absolute Gasteiger partial charge is 0.335 e. The molecule has 0 unspecified atom stereocenters. The molecule has 0 radical (unpaired) electrons. The number of nitrogens with one attached hydrogen (secondary N) is 1. The van der Waals surface area contributed by atoms with E-state index in [4.69, 9.17) is 13.8 Å². The van der Waals surface area contributed by atoms with E-state index in [2.05, 4.69) is 18.9 Å². The van der Waals surface area contributed by atoms with Gasteiger partial charge in [0, 0.05) is 29.3 Å². The Hall–Kier alpha value is -4.59. The molecule has 8 heteroatoms. The summed E-state index contributed by atoms with van der Waals surface area (Å²) in [7, 11) is 0. The standard InChI is InChI=1S/C26H19N3O5/c1-13(2)29-25-18(12-27-29)22(24-23(28-25)17-7-6-16(30)11-21(17)34-24)20-9-8-19(33-20)14-4-3-5-15(10-14)26(31)32/h3-13,27H,1-2H3,(H,31,32). The van der Waals surface area contributed by atoms with Crippen molar-refractivity contribution in [1.82, 2.24) is 14.8 Å². The zero-order valence-corrected chi connectivity index (χ0v) is 18.3. The summed E-state index contributed by atoms with van der Waals surface area (Å²) in [6.07, 6.45) is 1.86. The van der Waals surface area contributed by atoms with E-state index < -0.39 is 5.97 Å². The number of carboxylic acid groups (broad SMARTS) is 1. The van der Waals surface area contributed by atoms with Gasteiger partial charge in [0.25, 0.3) is 0 Å². The second-order valence-corrected chi connectivity index (χ2v) is 8.45. The maximum atomic E-state index is 11.9. The highest BCUT2D eigenvalue weighted by atomic mass is 16.4. The van der Waals surface area contributed by atoms with Crippen LogP contribution in [0.2, 0.25) is 0 Å². The van der Waals surface area contributed by atoms with Crippen LogP contribution in [0.15, 0.2) is 74.4 Å². The Balaban J connectivity index is 1.65. The third-order valence-corrected chi connectivity index (χ3v) is 5.93. The molecule has 2 N–H and O–H groups in total. The summed E-state index contributed by atoms with van der Waals surface area (Å²) in [6, 6.07) is 15.0. The molecule has 8 nitrogen and oxygen atoms in total. The molecule has 0 atom stereocenters. The summed E-state index contributed by atoms with van der Waals surface area (Å²) in [5, 5.41) is 14.1. The minimum Gasteiger partial charge on any atom is -0.478 e. The van der Waals surface area contributed by atoms with Crippen LogP contribution in [0.25, 0.3) is 55.7 Å². The van der Waals surface area contributed by atoms with Crippen LogP contribution in [0.5, 0.6) is 0 Å². The van der Waals surface area contributed by atoms with Crippen LogP contribution in [-0.4, -0.2) is 25.8 Å². The zero-order valence-electron chi connectivity index (χ0n) is 18.3. The van der Waals surface area contributed by atoms with Crippen molar-refractivity contribution in [1.29, 1.82) is 0 Å². The summed E-state index contributed by atoms with van der Waals surface area (Å²) in [4.78, 5) is 28.2. The number of aromatic amines is 1. The lowest BCUT2D eigenvalue weighted by molar-refractivity contribution is 0.0697. The van der Waals surface area contributed by atoms with Crippen LogP contribution < -0.4 is 5.43 Å². The number of carbonyl (C=O) groups is 1. The molecule has 0 saturated carbocycles. The molecule has 4 aromatic heterocycles. The van der Waals surface area contributed by atoms with E-state index in [1.807, 2.05) is 16.9 Å². The second-order valence-electron chi connectivity index (χ2n) is 8.45. The zero-order chi connectivity index (χ0) is 23.6. The van der Waals surface area contributed by atoms with Gasteiger partial charge in [0.15, 0.2) is 16.7 Å². The molecule has 0 amide bonds. The molecule has 168 valence electrons. The number of pyridine rings is 1. The van der Waals surface area contributed by atoms with Gasteiger partial charge in [-0.2, -0.15) is 0 Å². The first-order chi connectivity index (χ1) is 16.4. The van der Waals surface area contributed by atoms with Crippen LogP contribution in [-0.2, 0) is 0 Å². The average molecular weight is 453 g/mol. The summed E-state index contributed by atoms with van der Waals surface area (Å²) in [6.45, 7) is 4.11. The molecule has 0 aliphatic rings. The van der Waals surface area contributed by atoms with E-state index in [1.165, 1.54) is 18.2 Å². The fourth-order valence-corrected chi connectivity index (χ4v) is 4.33. The second kappa shape index (κ2) is 7.21. The number of benzene rings is 2. The lowest BCUT2D eigenvalue weighted by Crippen LogP contribution is -2.03. The Morgan fingerprint density at radius 3 is 2.65 bits per heavy atom. The molecule has 2 aromatic carbocycles.